The Morgan fingerprint density at radius 3 is 2.55 bits per heavy atom. The van der Waals surface area contributed by atoms with Gasteiger partial charge in [-0.2, -0.15) is 24.9 Å². The van der Waals surface area contributed by atoms with Crippen molar-refractivity contribution in [3.05, 3.63) is 0 Å². The molecule has 1 aliphatic rings. The van der Waals surface area contributed by atoms with Crippen molar-refractivity contribution in [2.24, 2.45) is 0 Å². The summed E-state index contributed by atoms with van der Waals surface area (Å²) in [5.41, 5.74) is -0.503. The van der Waals surface area contributed by atoms with E-state index in [1.54, 1.807) is 4.90 Å². The van der Waals surface area contributed by atoms with Crippen molar-refractivity contribution in [1.29, 1.82) is 0 Å². The summed E-state index contributed by atoms with van der Waals surface area (Å²) in [7, 11) is 0. The van der Waals surface area contributed by atoms with Gasteiger partial charge in [0.1, 0.15) is 5.60 Å². The molecule has 1 amide bonds. The summed E-state index contributed by atoms with van der Waals surface area (Å²) in [5, 5.41) is 0. The number of hydrogen-bond donors (Lipinski definition) is 0. The van der Waals surface area contributed by atoms with Crippen LogP contribution in [0, 0.1) is 0 Å². The molecule has 0 unspecified atom stereocenters. The quantitative estimate of drug-likeness (QED) is 0.647. The van der Waals surface area contributed by atoms with Crippen LogP contribution in [0.1, 0.15) is 52.9 Å². The topological polar surface area (TPSA) is 29.5 Å². The molecule has 22 heavy (non-hydrogen) atoms. The number of likely N-dealkylation sites (tertiary alicyclic amines) is 1. The summed E-state index contributed by atoms with van der Waals surface area (Å²) in [4.78, 5) is 13.9. The fraction of sp³-hybridized carbons (Fsp3) is 0.933. The average Bonchev–Trinajstić information content (AvgIpc) is 2.78. The van der Waals surface area contributed by atoms with Crippen LogP contribution in [0.25, 0.3) is 0 Å². The van der Waals surface area contributed by atoms with Crippen LogP contribution in [-0.2, 0) is 4.74 Å². The fourth-order valence-corrected chi connectivity index (χ4v) is 3.38. The van der Waals surface area contributed by atoms with Crippen molar-refractivity contribution in [3.8, 4) is 0 Å². The maximum atomic E-state index is 12.1. The van der Waals surface area contributed by atoms with Gasteiger partial charge in [-0.05, 0) is 58.0 Å². The highest BCUT2D eigenvalue weighted by Crippen LogP contribution is 2.26. The van der Waals surface area contributed by atoms with Gasteiger partial charge in [0.2, 0.25) is 0 Å². The molecule has 0 spiro atoms. The van der Waals surface area contributed by atoms with Gasteiger partial charge >= 0.3 is 12.3 Å². The summed E-state index contributed by atoms with van der Waals surface area (Å²) < 4.78 is 41.4. The van der Waals surface area contributed by atoms with Gasteiger partial charge in [-0.1, -0.05) is 0 Å². The lowest BCUT2D eigenvalue weighted by Gasteiger charge is -2.28. The highest BCUT2D eigenvalue weighted by molar-refractivity contribution is 7.99. The van der Waals surface area contributed by atoms with Gasteiger partial charge in [-0.3, -0.25) is 0 Å². The van der Waals surface area contributed by atoms with Gasteiger partial charge in [-0.15, -0.1) is 0 Å². The maximum absolute atomic E-state index is 12.1. The summed E-state index contributed by atoms with van der Waals surface area (Å²) in [5.74, 6) is 1.29. The van der Waals surface area contributed by atoms with E-state index >= 15 is 0 Å². The molecule has 130 valence electrons. The third kappa shape index (κ3) is 8.15. The molecule has 0 bridgehead atoms. The van der Waals surface area contributed by atoms with E-state index in [4.69, 9.17) is 4.74 Å². The number of alkyl halides is 3. The molecule has 0 aromatic heterocycles. The van der Waals surface area contributed by atoms with Crippen molar-refractivity contribution in [2.45, 2.75) is 70.7 Å². The van der Waals surface area contributed by atoms with Crippen molar-refractivity contribution in [1.82, 2.24) is 4.90 Å². The highest BCUT2D eigenvalue weighted by atomic mass is 32.2. The number of rotatable bonds is 6. The summed E-state index contributed by atoms with van der Waals surface area (Å²) >= 11 is 1.53. The summed E-state index contributed by atoms with van der Waals surface area (Å²) in [6.07, 6.45) is -2.17. The van der Waals surface area contributed by atoms with E-state index in [-0.39, 0.29) is 18.6 Å². The monoisotopic (exact) mass is 341 g/mol. The van der Waals surface area contributed by atoms with Gasteiger partial charge in [0.25, 0.3) is 0 Å². The van der Waals surface area contributed by atoms with E-state index in [9.17, 15) is 18.0 Å². The molecule has 0 aromatic carbocycles. The number of carbonyl (C=O) groups excluding carboxylic acids is 1. The molecule has 0 saturated carbocycles. The standard InChI is InChI=1S/C15H26F3NO2S/c1-14(2,3)21-13(20)19-9-4-6-12(19)7-11-22-10-5-8-15(16,17)18/h12H,4-11H2,1-3H3/t12-/m0/s1. The predicted octanol–water partition coefficient (Wildman–Crippen LogP) is 4.85. The fourth-order valence-electron chi connectivity index (χ4n) is 2.39. The first-order valence-electron chi connectivity index (χ1n) is 7.72. The molecule has 3 nitrogen and oxygen atoms in total. The minimum absolute atomic E-state index is 0.157. The van der Waals surface area contributed by atoms with Gasteiger partial charge < -0.3 is 9.64 Å². The van der Waals surface area contributed by atoms with Gasteiger partial charge in [0.15, 0.2) is 0 Å². The van der Waals surface area contributed by atoms with E-state index in [1.807, 2.05) is 20.8 Å². The maximum Gasteiger partial charge on any atom is 0.410 e. The van der Waals surface area contributed by atoms with Crippen molar-refractivity contribution in [3.63, 3.8) is 0 Å². The average molecular weight is 341 g/mol. The van der Waals surface area contributed by atoms with E-state index in [0.717, 1.165) is 25.0 Å². The third-order valence-electron chi connectivity index (χ3n) is 3.35. The van der Waals surface area contributed by atoms with Crippen LogP contribution >= 0.6 is 11.8 Å². The molecule has 7 heteroatoms. The molecular weight excluding hydrogens is 315 g/mol. The lowest BCUT2D eigenvalue weighted by molar-refractivity contribution is -0.134. The Bertz CT molecular complexity index is 356. The Morgan fingerprint density at radius 2 is 1.95 bits per heavy atom. The number of nitrogens with zero attached hydrogens (tertiary/aromatic N) is 1. The molecular formula is C15H26F3NO2S. The lowest BCUT2D eigenvalue weighted by atomic mass is 10.2. The van der Waals surface area contributed by atoms with Gasteiger partial charge in [-0.25, -0.2) is 4.79 Å². The van der Waals surface area contributed by atoms with E-state index < -0.39 is 18.2 Å². The van der Waals surface area contributed by atoms with Crippen molar-refractivity contribution < 1.29 is 22.7 Å². The zero-order valence-corrected chi connectivity index (χ0v) is 14.4. The molecule has 0 aromatic rings. The van der Waals surface area contributed by atoms with Crippen LogP contribution in [0.4, 0.5) is 18.0 Å². The van der Waals surface area contributed by atoms with Crippen LogP contribution in [-0.4, -0.2) is 46.9 Å². The van der Waals surface area contributed by atoms with Gasteiger partial charge in [0, 0.05) is 19.0 Å². The number of thioether (sulfide) groups is 1. The molecule has 0 radical (unpaired) electrons. The smallest absolute Gasteiger partial charge is 0.410 e. The van der Waals surface area contributed by atoms with E-state index in [1.165, 1.54) is 11.8 Å². The van der Waals surface area contributed by atoms with Crippen molar-refractivity contribution >= 4 is 17.9 Å². The largest absolute Gasteiger partial charge is 0.444 e. The number of halogens is 3. The molecule has 0 aliphatic carbocycles. The number of hydrogen-bond acceptors (Lipinski definition) is 3. The first-order valence-corrected chi connectivity index (χ1v) is 8.88. The normalized spacial score (nSPS) is 19.5. The second-order valence-corrected chi connectivity index (χ2v) is 7.81. The minimum atomic E-state index is -4.06. The second-order valence-electron chi connectivity index (χ2n) is 6.59. The minimum Gasteiger partial charge on any atom is -0.444 e. The molecule has 1 atom stereocenters. The Labute approximate surface area is 134 Å². The Morgan fingerprint density at radius 1 is 1.27 bits per heavy atom. The lowest BCUT2D eigenvalue weighted by Crippen LogP contribution is -2.40. The number of carbonyl (C=O) groups is 1. The van der Waals surface area contributed by atoms with Crippen LogP contribution < -0.4 is 0 Å². The first kappa shape index (κ1) is 19.5. The molecule has 1 rings (SSSR count). The number of ether oxygens (including phenoxy) is 1. The second kappa shape index (κ2) is 8.31. The van der Waals surface area contributed by atoms with Crippen molar-refractivity contribution in [2.75, 3.05) is 18.1 Å². The van der Waals surface area contributed by atoms with E-state index in [2.05, 4.69) is 0 Å². The highest BCUT2D eigenvalue weighted by Gasteiger charge is 2.31. The van der Waals surface area contributed by atoms with Crippen LogP contribution in [0.2, 0.25) is 0 Å². The SMILES string of the molecule is CC(C)(C)OC(=O)N1CCC[C@H]1CCSCCCC(F)(F)F. The number of amides is 1. The Kier molecular flexibility index (Phi) is 7.35. The summed E-state index contributed by atoms with van der Waals surface area (Å²) in [6, 6.07) is 0.157. The summed E-state index contributed by atoms with van der Waals surface area (Å²) in [6.45, 7) is 6.23. The van der Waals surface area contributed by atoms with Crippen LogP contribution in [0.3, 0.4) is 0 Å². The zero-order chi connectivity index (χ0) is 16.8. The molecule has 1 fully saturated rings. The predicted molar refractivity (Wildman–Crippen MR) is 83.2 cm³/mol. The van der Waals surface area contributed by atoms with Crippen LogP contribution in [0.5, 0.6) is 0 Å². The molecule has 0 N–H and O–H groups in total. The van der Waals surface area contributed by atoms with E-state index in [0.29, 0.717) is 12.3 Å². The van der Waals surface area contributed by atoms with Gasteiger partial charge in [0.05, 0.1) is 0 Å². The molecule has 1 heterocycles. The molecule has 1 aliphatic heterocycles. The Balaban J connectivity index is 2.23. The van der Waals surface area contributed by atoms with Crippen LogP contribution in [0.15, 0.2) is 0 Å². The third-order valence-corrected chi connectivity index (χ3v) is 4.45. The zero-order valence-electron chi connectivity index (χ0n) is 13.5. The first-order chi connectivity index (χ1) is 10.1. The molecule has 1 saturated heterocycles. The Hall–Kier alpha value is -0.590.